The maximum Gasteiger partial charge on any atom is 0.254 e. The summed E-state index contributed by atoms with van der Waals surface area (Å²) in [6, 6.07) is 0. The molecule has 16 heavy (non-hydrogen) atoms. The van der Waals surface area contributed by atoms with E-state index in [0.717, 1.165) is 6.08 Å². The molecule has 7 heteroatoms. The highest BCUT2D eigenvalue weighted by molar-refractivity contribution is 6.13. The van der Waals surface area contributed by atoms with Gasteiger partial charge >= 0.3 is 0 Å². The van der Waals surface area contributed by atoms with Crippen molar-refractivity contribution in [2.45, 2.75) is 24.7 Å². The van der Waals surface area contributed by atoms with Gasteiger partial charge in [0.2, 0.25) is 5.91 Å². The molecular weight excluding hydrogens is 218 g/mol. The van der Waals surface area contributed by atoms with E-state index < -0.39 is 36.7 Å². The van der Waals surface area contributed by atoms with E-state index >= 15 is 0 Å². The van der Waals surface area contributed by atoms with E-state index in [9.17, 15) is 19.8 Å². The number of carbonyl (C=O) groups is 2. The molecule has 0 aromatic heterocycles. The lowest BCUT2D eigenvalue weighted by atomic mass is 10.0. The van der Waals surface area contributed by atoms with Gasteiger partial charge < -0.3 is 20.4 Å². The molecule has 1 heterocycles. The number of hydrogen-bond donors (Lipinski definition) is 5. The molecule has 0 aromatic rings. The summed E-state index contributed by atoms with van der Waals surface area (Å²) in [7, 11) is 0. The molecule has 1 saturated heterocycles. The van der Waals surface area contributed by atoms with Crippen LogP contribution in [0.5, 0.6) is 0 Å². The Morgan fingerprint density at radius 2 is 1.94 bits per heavy atom. The lowest BCUT2D eigenvalue weighted by Crippen LogP contribution is -2.38. The fourth-order valence-corrected chi connectivity index (χ4v) is 1.28. The first-order valence-electron chi connectivity index (χ1n) is 4.65. The first-order chi connectivity index (χ1) is 7.45. The Hall–Kier alpha value is -1.28. The Labute approximate surface area is 91.0 Å². The van der Waals surface area contributed by atoms with Crippen molar-refractivity contribution in [3.63, 3.8) is 0 Å². The molecule has 0 aliphatic carbocycles. The SMILES string of the molecule is O=C1CC(=CC(O)C(O)C(O)CO)C(=O)N1. The molecular formula is C9H13NO6. The van der Waals surface area contributed by atoms with E-state index in [-0.39, 0.29) is 12.0 Å². The van der Waals surface area contributed by atoms with Gasteiger partial charge in [-0.2, -0.15) is 0 Å². The molecule has 1 aliphatic heterocycles. The molecule has 1 fully saturated rings. The number of carbonyl (C=O) groups excluding carboxylic acids is 2. The van der Waals surface area contributed by atoms with Crippen LogP contribution in [0.3, 0.4) is 0 Å². The largest absolute Gasteiger partial charge is 0.394 e. The van der Waals surface area contributed by atoms with Crippen LogP contribution in [0.1, 0.15) is 6.42 Å². The van der Waals surface area contributed by atoms with Crippen LogP contribution in [0.4, 0.5) is 0 Å². The summed E-state index contributed by atoms with van der Waals surface area (Å²) >= 11 is 0. The molecule has 3 unspecified atom stereocenters. The lowest BCUT2D eigenvalue weighted by Gasteiger charge is -2.19. The van der Waals surface area contributed by atoms with Crippen molar-refractivity contribution in [3.05, 3.63) is 11.6 Å². The minimum Gasteiger partial charge on any atom is -0.394 e. The second kappa shape index (κ2) is 5.17. The van der Waals surface area contributed by atoms with Crippen LogP contribution >= 0.6 is 0 Å². The van der Waals surface area contributed by atoms with Gasteiger partial charge in [0, 0.05) is 5.57 Å². The molecule has 90 valence electrons. The highest BCUT2D eigenvalue weighted by Crippen LogP contribution is 2.12. The number of imide groups is 1. The first kappa shape index (κ1) is 12.8. The zero-order valence-corrected chi connectivity index (χ0v) is 8.33. The first-order valence-corrected chi connectivity index (χ1v) is 4.65. The average molecular weight is 231 g/mol. The fraction of sp³-hybridized carbons (Fsp3) is 0.556. The van der Waals surface area contributed by atoms with Gasteiger partial charge in [0.05, 0.1) is 13.0 Å². The van der Waals surface area contributed by atoms with Gasteiger partial charge in [-0.05, 0) is 6.08 Å². The summed E-state index contributed by atoms with van der Waals surface area (Å²) in [5.41, 5.74) is 0.0293. The number of aliphatic hydroxyl groups is 4. The molecule has 0 aromatic carbocycles. The number of nitrogens with one attached hydrogen (secondary N) is 1. The lowest BCUT2D eigenvalue weighted by molar-refractivity contribution is -0.124. The van der Waals surface area contributed by atoms with Crippen molar-refractivity contribution >= 4 is 11.8 Å². The van der Waals surface area contributed by atoms with E-state index in [2.05, 4.69) is 0 Å². The Morgan fingerprint density at radius 1 is 1.31 bits per heavy atom. The van der Waals surface area contributed by atoms with Gasteiger partial charge in [0.15, 0.2) is 0 Å². The molecule has 0 saturated carbocycles. The van der Waals surface area contributed by atoms with Crippen LogP contribution in [0.2, 0.25) is 0 Å². The van der Waals surface area contributed by atoms with Gasteiger partial charge in [0.25, 0.3) is 5.91 Å². The molecule has 0 bridgehead atoms. The van der Waals surface area contributed by atoms with Crippen LogP contribution < -0.4 is 5.32 Å². The Bertz CT molecular complexity index is 326. The smallest absolute Gasteiger partial charge is 0.254 e. The normalized spacial score (nSPS) is 24.4. The Kier molecular flexibility index (Phi) is 4.13. The second-order valence-corrected chi connectivity index (χ2v) is 3.48. The summed E-state index contributed by atoms with van der Waals surface area (Å²) < 4.78 is 0. The standard InChI is InChI=1S/C9H13NO6/c11-3-6(13)8(15)5(12)1-4-2-7(14)10-9(4)16/h1,5-6,8,11-13,15H,2-3H2,(H,10,14,16). The van der Waals surface area contributed by atoms with Crippen molar-refractivity contribution < 1.29 is 30.0 Å². The van der Waals surface area contributed by atoms with Gasteiger partial charge in [-0.1, -0.05) is 0 Å². The summed E-state index contributed by atoms with van der Waals surface area (Å²) in [4.78, 5) is 21.9. The zero-order valence-electron chi connectivity index (χ0n) is 8.33. The average Bonchev–Trinajstić information content (AvgIpc) is 2.55. The van der Waals surface area contributed by atoms with Crippen molar-refractivity contribution in [2.75, 3.05) is 6.61 Å². The fourth-order valence-electron chi connectivity index (χ4n) is 1.28. The predicted octanol–water partition coefficient (Wildman–Crippen LogP) is -2.97. The molecule has 5 N–H and O–H groups in total. The predicted molar refractivity (Wildman–Crippen MR) is 51.0 cm³/mol. The van der Waals surface area contributed by atoms with E-state index in [1.807, 2.05) is 5.32 Å². The van der Waals surface area contributed by atoms with E-state index in [1.54, 1.807) is 0 Å². The molecule has 7 nitrogen and oxygen atoms in total. The Balaban J connectivity index is 2.69. The van der Waals surface area contributed by atoms with Gasteiger partial charge in [-0.15, -0.1) is 0 Å². The molecule has 0 radical (unpaired) electrons. The van der Waals surface area contributed by atoms with Crippen LogP contribution in [-0.2, 0) is 9.59 Å². The zero-order chi connectivity index (χ0) is 12.3. The second-order valence-electron chi connectivity index (χ2n) is 3.48. The third kappa shape index (κ3) is 2.86. The monoisotopic (exact) mass is 231 g/mol. The summed E-state index contributed by atoms with van der Waals surface area (Å²) in [5.74, 6) is -1.12. The third-order valence-corrected chi connectivity index (χ3v) is 2.20. The number of amides is 2. The van der Waals surface area contributed by atoms with Crippen molar-refractivity contribution in [1.82, 2.24) is 5.32 Å². The third-order valence-electron chi connectivity index (χ3n) is 2.20. The summed E-state index contributed by atoms with van der Waals surface area (Å²) in [6.45, 7) is -0.716. The molecule has 0 spiro atoms. The van der Waals surface area contributed by atoms with Crippen LogP contribution in [0.15, 0.2) is 11.6 Å². The minimum atomic E-state index is -1.61. The van der Waals surface area contributed by atoms with E-state index in [1.165, 1.54) is 0 Å². The number of hydrogen-bond acceptors (Lipinski definition) is 6. The molecule has 3 atom stereocenters. The highest BCUT2D eigenvalue weighted by atomic mass is 16.4. The molecule has 1 aliphatic rings. The van der Waals surface area contributed by atoms with E-state index in [0.29, 0.717) is 0 Å². The summed E-state index contributed by atoms with van der Waals surface area (Å²) in [6.07, 6.45) is -3.82. The van der Waals surface area contributed by atoms with E-state index in [4.69, 9.17) is 10.2 Å². The number of rotatable bonds is 4. The van der Waals surface area contributed by atoms with Crippen molar-refractivity contribution in [3.8, 4) is 0 Å². The van der Waals surface area contributed by atoms with Gasteiger partial charge in [0.1, 0.15) is 18.3 Å². The maximum absolute atomic E-state index is 11.1. The summed E-state index contributed by atoms with van der Waals surface area (Å²) in [5, 5.41) is 38.2. The topological polar surface area (TPSA) is 127 Å². The van der Waals surface area contributed by atoms with Crippen LogP contribution in [0.25, 0.3) is 0 Å². The quantitative estimate of drug-likeness (QED) is 0.260. The Morgan fingerprint density at radius 3 is 2.38 bits per heavy atom. The van der Waals surface area contributed by atoms with Crippen molar-refractivity contribution in [1.29, 1.82) is 0 Å². The van der Waals surface area contributed by atoms with Gasteiger partial charge in [-0.3, -0.25) is 14.9 Å². The van der Waals surface area contributed by atoms with Crippen LogP contribution in [-0.4, -0.2) is 57.2 Å². The molecule has 1 rings (SSSR count). The molecule has 2 amide bonds. The highest BCUT2D eigenvalue weighted by Gasteiger charge is 2.28. The van der Waals surface area contributed by atoms with Crippen molar-refractivity contribution in [2.24, 2.45) is 0 Å². The minimum absolute atomic E-state index is 0.0293. The van der Waals surface area contributed by atoms with Crippen LogP contribution in [0, 0.1) is 0 Å². The maximum atomic E-state index is 11.1. The number of aliphatic hydroxyl groups excluding tert-OH is 4. The van der Waals surface area contributed by atoms with Gasteiger partial charge in [-0.25, -0.2) is 0 Å².